The second-order valence-corrected chi connectivity index (χ2v) is 7.70. The second-order valence-electron chi connectivity index (χ2n) is 5.99. The number of aliphatic hydroxyl groups excluding tert-OH is 1. The minimum Gasteiger partial charge on any atom is -0.388 e. The van der Waals surface area contributed by atoms with Gasteiger partial charge in [0.05, 0.1) is 11.0 Å². The van der Waals surface area contributed by atoms with Gasteiger partial charge in [-0.25, -0.2) is 13.1 Å². The van der Waals surface area contributed by atoms with Crippen LogP contribution in [0.2, 0.25) is 0 Å². The lowest BCUT2D eigenvalue weighted by atomic mass is 10.1. The van der Waals surface area contributed by atoms with Crippen LogP contribution >= 0.6 is 0 Å². The van der Waals surface area contributed by atoms with Gasteiger partial charge in [-0.2, -0.15) is 0 Å². The maximum atomic E-state index is 12.4. The van der Waals surface area contributed by atoms with Gasteiger partial charge in [0.2, 0.25) is 10.0 Å². The van der Waals surface area contributed by atoms with Gasteiger partial charge in [0.1, 0.15) is 0 Å². The van der Waals surface area contributed by atoms with Crippen LogP contribution in [-0.2, 0) is 10.0 Å². The zero-order chi connectivity index (χ0) is 16.0. The van der Waals surface area contributed by atoms with E-state index in [9.17, 15) is 13.5 Å². The predicted molar refractivity (Wildman–Crippen MR) is 85.5 cm³/mol. The maximum absolute atomic E-state index is 12.4. The van der Waals surface area contributed by atoms with Crippen molar-refractivity contribution in [1.29, 1.82) is 0 Å². The van der Waals surface area contributed by atoms with E-state index in [1.807, 2.05) is 13.8 Å². The van der Waals surface area contributed by atoms with Crippen molar-refractivity contribution in [3.05, 3.63) is 29.8 Å². The minimum atomic E-state index is -3.53. The van der Waals surface area contributed by atoms with Crippen LogP contribution in [0.1, 0.15) is 58.6 Å². The molecule has 0 saturated heterocycles. The van der Waals surface area contributed by atoms with Gasteiger partial charge in [-0.3, -0.25) is 0 Å². The first-order valence-electron chi connectivity index (χ1n) is 7.56. The fourth-order valence-electron chi connectivity index (χ4n) is 2.10. The van der Waals surface area contributed by atoms with Gasteiger partial charge in [0.15, 0.2) is 0 Å². The van der Waals surface area contributed by atoms with E-state index in [4.69, 9.17) is 0 Å². The van der Waals surface area contributed by atoms with Crippen LogP contribution in [0.5, 0.6) is 0 Å². The number of sulfonamides is 1. The fraction of sp³-hybridized carbons (Fsp3) is 0.625. The van der Waals surface area contributed by atoms with Gasteiger partial charge in [0.25, 0.3) is 0 Å². The second kappa shape index (κ2) is 7.92. The first-order valence-corrected chi connectivity index (χ1v) is 9.05. The molecule has 1 aromatic rings. The Labute approximate surface area is 128 Å². The molecule has 0 aliphatic heterocycles. The molecule has 0 amide bonds. The SMILES string of the molecule is CCC(O)c1cccc(S(=O)(=O)NC(C)CCC(C)C)c1. The highest BCUT2D eigenvalue weighted by Gasteiger charge is 2.18. The van der Waals surface area contributed by atoms with Crippen molar-refractivity contribution in [2.75, 3.05) is 0 Å². The van der Waals surface area contributed by atoms with E-state index < -0.39 is 16.1 Å². The summed E-state index contributed by atoms with van der Waals surface area (Å²) in [6.45, 7) is 7.98. The molecule has 0 aromatic heterocycles. The molecule has 2 N–H and O–H groups in total. The number of rotatable bonds is 8. The third-order valence-corrected chi connectivity index (χ3v) is 5.06. The van der Waals surface area contributed by atoms with Gasteiger partial charge in [-0.05, 0) is 49.8 Å². The molecule has 0 heterocycles. The highest BCUT2D eigenvalue weighted by molar-refractivity contribution is 7.89. The quantitative estimate of drug-likeness (QED) is 0.774. The number of aliphatic hydroxyl groups is 1. The summed E-state index contributed by atoms with van der Waals surface area (Å²) in [6.07, 6.45) is 1.73. The number of hydrogen-bond donors (Lipinski definition) is 2. The van der Waals surface area contributed by atoms with E-state index in [0.717, 1.165) is 12.8 Å². The summed E-state index contributed by atoms with van der Waals surface area (Å²) in [5.41, 5.74) is 0.634. The molecule has 2 unspecified atom stereocenters. The smallest absolute Gasteiger partial charge is 0.240 e. The molecule has 2 atom stereocenters. The molecule has 0 radical (unpaired) electrons. The molecule has 5 heteroatoms. The molecule has 0 fully saturated rings. The Kier molecular flexibility index (Phi) is 6.84. The van der Waals surface area contributed by atoms with Crippen molar-refractivity contribution in [1.82, 2.24) is 4.72 Å². The first kappa shape index (κ1) is 18.1. The number of hydrogen-bond acceptors (Lipinski definition) is 3. The molecular formula is C16H27NO3S. The van der Waals surface area contributed by atoms with Crippen LogP contribution in [0, 0.1) is 5.92 Å². The van der Waals surface area contributed by atoms with E-state index in [1.54, 1.807) is 24.3 Å². The van der Waals surface area contributed by atoms with Gasteiger partial charge in [-0.1, -0.05) is 32.9 Å². The Morgan fingerprint density at radius 3 is 2.43 bits per heavy atom. The van der Waals surface area contributed by atoms with Gasteiger partial charge in [-0.15, -0.1) is 0 Å². The molecule has 0 aliphatic carbocycles. The third-order valence-electron chi connectivity index (χ3n) is 3.47. The van der Waals surface area contributed by atoms with E-state index in [2.05, 4.69) is 18.6 Å². The molecule has 0 aliphatic rings. The minimum absolute atomic E-state index is 0.0999. The predicted octanol–water partition coefficient (Wildman–Crippen LogP) is 3.23. The molecule has 1 aromatic carbocycles. The average molecular weight is 313 g/mol. The van der Waals surface area contributed by atoms with Crippen LogP contribution < -0.4 is 4.72 Å². The topological polar surface area (TPSA) is 66.4 Å². The van der Waals surface area contributed by atoms with E-state index in [1.165, 1.54) is 0 Å². The van der Waals surface area contributed by atoms with Crippen molar-refractivity contribution in [2.24, 2.45) is 5.92 Å². The summed E-state index contributed by atoms with van der Waals surface area (Å²) in [5.74, 6) is 0.556. The summed E-state index contributed by atoms with van der Waals surface area (Å²) in [4.78, 5) is 0.212. The molecule has 0 spiro atoms. The molecule has 120 valence electrons. The van der Waals surface area contributed by atoms with Crippen molar-refractivity contribution in [3.8, 4) is 0 Å². The van der Waals surface area contributed by atoms with Crippen molar-refractivity contribution in [3.63, 3.8) is 0 Å². The Morgan fingerprint density at radius 2 is 1.86 bits per heavy atom. The van der Waals surface area contributed by atoms with Crippen LogP contribution in [-0.4, -0.2) is 19.6 Å². The first-order chi connectivity index (χ1) is 9.76. The lowest BCUT2D eigenvalue weighted by Gasteiger charge is -2.16. The molecule has 1 rings (SSSR count). The van der Waals surface area contributed by atoms with Crippen LogP contribution in [0.25, 0.3) is 0 Å². The largest absolute Gasteiger partial charge is 0.388 e. The zero-order valence-corrected chi connectivity index (χ0v) is 14.2. The maximum Gasteiger partial charge on any atom is 0.240 e. The van der Waals surface area contributed by atoms with Crippen LogP contribution in [0.15, 0.2) is 29.2 Å². The molecule has 21 heavy (non-hydrogen) atoms. The summed E-state index contributed by atoms with van der Waals surface area (Å²) in [7, 11) is -3.53. The van der Waals surface area contributed by atoms with Crippen molar-refractivity contribution >= 4 is 10.0 Å². The highest BCUT2D eigenvalue weighted by Crippen LogP contribution is 2.20. The van der Waals surface area contributed by atoms with E-state index in [0.29, 0.717) is 17.9 Å². The monoisotopic (exact) mass is 313 g/mol. The third kappa shape index (κ3) is 5.77. The fourth-order valence-corrected chi connectivity index (χ4v) is 3.43. The van der Waals surface area contributed by atoms with Crippen LogP contribution in [0.3, 0.4) is 0 Å². The standard InChI is InChI=1S/C16H27NO3S/c1-5-16(18)14-7-6-8-15(11-14)21(19,20)17-13(4)10-9-12(2)3/h6-8,11-13,16-18H,5,9-10H2,1-4H3. The Hall–Kier alpha value is -0.910. The summed E-state index contributed by atoms with van der Waals surface area (Å²) in [5, 5.41) is 9.83. The van der Waals surface area contributed by atoms with E-state index in [-0.39, 0.29) is 10.9 Å². The Balaban J connectivity index is 2.83. The summed E-state index contributed by atoms with van der Waals surface area (Å²) in [6, 6.07) is 6.42. The average Bonchev–Trinajstić information content (AvgIpc) is 2.44. The highest BCUT2D eigenvalue weighted by atomic mass is 32.2. The summed E-state index contributed by atoms with van der Waals surface area (Å²) >= 11 is 0. The van der Waals surface area contributed by atoms with E-state index >= 15 is 0 Å². The number of nitrogens with one attached hydrogen (secondary N) is 1. The van der Waals surface area contributed by atoms with Gasteiger partial charge in [0, 0.05) is 6.04 Å². The molecule has 0 bridgehead atoms. The lowest BCUT2D eigenvalue weighted by Crippen LogP contribution is -2.32. The Bertz CT molecular complexity index is 540. The molecular weight excluding hydrogens is 286 g/mol. The van der Waals surface area contributed by atoms with Gasteiger partial charge >= 0.3 is 0 Å². The van der Waals surface area contributed by atoms with Crippen LogP contribution in [0.4, 0.5) is 0 Å². The van der Waals surface area contributed by atoms with Crippen molar-refractivity contribution in [2.45, 2.75) is 64.0 Å². The zero-order valence-electron chi connectivity index (χ0n) is 13.3. The Morgan fingerprint density at radius 1 is 1.19 bits per heavy atom. The van der Waals surface area contributed by atoms with Gasteiger partial charge < -0.3 is 5.11 Å². The summed E-state index contributed by atoms with van der Waals surface area (Å²) < 4.78 is 27.4. The molecule has 0 saturated carbocycles. The number of benzene rings is 1. The van der Waals surface area contributed by atoms with Crippen molar-refractivity contribution < 1.29 is 13.5 Å². The lowest BCUT2D eigenvalue weighted by molar-refractivity contribution is 0.173. The normalized spacial score (nSPS) is 15.1. The molecule has 4 nitrogen and oxygen atoms in total.